The van der Waals surface area contributed by atoms with Gasteiger partial charge < -0.3 is 16.2 Å². The molecule has 0 unspecified atom stereocenters. The molecule has 0 saturated heterocycles. The predicted octanol–water partition coefficient (Wildman–Crippen LogP) is -0.205. The maximum Gasteiger partial charge on any atom is 0.234 e. The van der Waals surface area contributed by atoms with Crippen LogP contribution in [0.15, 0.2) is 30.3 Å². The fourth-order valence-corrected chi connectivity index (χ4v) is 1.17. The van der Waals surface area contributed by atoms with Crippen LogP contribution in [0.2, 0.25) is 0 Å². The van der Waals surface area contributed by atoms with Gasteiger partial charge in [0.05, 0.1) is 19.2 Å². The van der Waals surface area contributed by atoms with Crippen molar-refractivity contribution in [2.24, 2.45) is 5.73 Å². The van der Waals surface area contributed by atoms with Crippen molar-refractivity contribution in [2.45, 2.75) is 6.04 Å². The molecule has 4 heteroatoms. The first kappa shape index (κ1) is 10.7. The minimum absolute atomic E-state index is 0.0661. The van der Waals surface area contributed by atoms with E-state index in [9.17, 15) is 4.79 Å². The van der Waals surface area contributed by atoms with Crippen molar-refractivity contribution in [1.29, 1.82) is 0 Å². The lowest BCUT2D eigenvalue weighted by atomic mass is 10.1. The first-order valence-electron chi connectivity index (χ1n) is 4.43. The molecular formula is C10H14N2O2. The molecule has 1 rings (SSSR count). The van der Waals surface area contributed by atoms with E-state index in [1.165, 1.54) is 0 Å². The van der Waals surface area contributed by atoms with Crippen LogP contribution in [0.5, 0.6) is 0 Å². The van der Waals surface area contributed by atoms with E-state index in [4.69, 9.17) is 10.8 Å². The molecule has 0 aliphatic heterocycles. The lowest BCUT2D eigenvalue weighted by Crippen LogP contribution is -2.35. The molecule has 0 spiro atoms. The third-order valence-corrected chi connectivity index (χ3v) is 1.91. The Kier molecular flexibility index (Phi) is 4.10. The minimum atomic E-state index is -0.368. The van der Waals surface area contributed by atoms with Gasteiger partial charge in [-0.1, -0.05) is 30.3 Å². The fraction of sp³-hybridized carbons (Fsp3) is 0.300. The van der Waals surface area contributed by atoms with Gasteiger partial charge in [-0.25, -0.2) is 0 Å². The molecule has 14 heavy (non-hydrogen) atoms. The fourth-order valence-electron chi connectivity index (χ4n) is 1.17. The molecule has 4 N–H and O–H groups in total. The van der Waals surface area contributed by atoms with Crippen LogP contribution >= 0.6 is 0 Å². The van der Waals surface area contributed by atoms with E-state index in [0.29, 0.717) is 0 Å². The molecule has 0 aromatic heterocycles. The molecular weight excluding hydrogens is 180 g/mol. The summed E-state index contributed by atoms with van der Waals surface area (Å²) in [5.74, 6) is -0.270. The molecule has 0 heterocycles. The lowest BCUT2D eigenvalue weighted by Gasteiger charge is -2.15. The van der Waals surface area contributed by atoms with Crippen molar-refractivity contribution < 1.29 is 9.90 Å². The molecule has 0 saturated carbocycles. The highest BCUT2D eigenvalue weighted by molar-refractivity contribution is 5.78. The maximum atomic E-state index is 11.0. The normalized spacial score (nSPS) is 12.1. The summed E-state index contributed by atoms with van der Waals surface area (Å²) in [4.78, 5) is 11.0. The lowest BCUT2D eigenvalue weighted by molar-refractivity contribution is -0.120. The molecule has 1 aromatic rings. The molecule has 1 amide bonds. The van der Waals surface area contributed by atoms with Crippen LogP contribution in [0.4, 0.5) is 0 Å². The topological polar surface area (TPSA) is 75.4 Å². The van der Waals surface area contributed by atoms with E-state index >= 15 is 0 Å². The van der Waals surface area contributed by atoms with Crippen molar-refractivity contribution in [3.63, 3.8) is 0 Å². The van der Waals surface area contributed by atoms with Crippen molar-refractivity contribution in [3.8, 4) is 0 Å². The van der Waals surface area contributed by atoms with Gasteiger partial charge in [-0.15, -0.1) is 0 Å². The predicted molar refractivity (Wildman–Crippen MR) is 53.5 cm³/mol. The zero-order valence-corrected chi connectivity index (χ0v) is 7.81. The van der Waals surface area contributed by atoms with Crippen LogP contribution in [-0.4, -0.2) is 24.2 Å². The number of carbonyl (C=O) groups excluding carboxylic acids is 1. The summed E-state index contributed by atoms with van der Waals surface area (Å²) in [7, 11) is 0. The van der Waals surface area contributed by atoms with Crippen molar-refractivity contribution in [2.75, 3.05) is 13.2 Å². The van der Waals surface area contributed by atoms with E-state index in [-0.39, 0.29) is 25.1 Å². The first-order chi connectivity index (χ1) is 6.77. The summed E-state index contributed by atoms with van der Waals surface area (Å²) < 4.78 is 0. The standard InChI is InChI=1S/C10H14N2O2/c11-6-10(14)12-9(7-13)8-4-2-1-3-5-8/h1-5,9,13H,6-7,11H2,(H,12,14)/t9-/m0/s1. The average Bonchev–Trinajstić information content (AvgIpc) is 2.26. The van der Waals surface area contributed by atoms with Crippen molar-refractivity contribution in [1.82, 2.24) is 5.32 Å². The second-order valence-electron chi connectivity index (χ2n) is 2.92. The number of aliphatic hydroxyl groups excluding tert-OH is 1. The number of nitrogens with two attached hydrogens (primary N) is 1. The molecule has 0 aliphatic carbocycles. The summed E-state index contributed by atoms with van der Waals surface area (Å²) in [6.45, 7) is -0.195. The molecule has 76 valence electrons. The van der Waals surface area contributed by atoms with Gasteiger partial charge in [0, 0.05) is 0 Å². The van der Waals surface area contributed by atoms with Crippen LogP contribution in [0.3, 0.4) is 0 Å². The second kappa shape index (κ2) is 5.36. The Morgan fingerprint density at radius 2 is 2.07 bits per heavy atom. The number of hydrogen-bond donors (Lipinski definition) is 3. The Morgan fingerprint density at radius 1 is 1.43 bits per heavy atom. The molecule has 4 nitrogen and oxygen atoms in total. The van der Waals surface area contributed by atoms with Crippen molar-refractivity contribution in [3.05, 3.63) is 35.9 Å². The highest BCUT2D eigenvalue weighted by atomic mass is 16.3. The summed E-state index contributed by atoms with van der Waals surface area (Å²) in [5, 5.41) is 11.7. The van der Waals surface area contributed by atoms with E-state index in [1.807, 2.05) is 30.3 Å². The molecule has 0 bridgehead atoms. The Hall–Kier alpha value is -1.39. The Labute approximate surface area is 82.7 Å². The van der Waals surface area contributed by atoms with Gasteiger partial charge in [0.2, 0.25) is 5.91 Å². The second-order valence-corrected chi connectivity index (χ2v) is 2.92. The van der Waals surface area contributed by atoms with Gasteiger partial charge in [-0.05, 0) is 5.56 Å². The van der Waals surface area contributed by atoms with Gasteiger partial charge >= 0.3 is 0 Å². The summed E-state index contributed by atoms with van der Waals surface area (Å²) in [6.07, 6.45) is 0. The quantitative estimate of drug-likeness (QED) is 0.621. The molecule has 1 atom stereocenters. The average molecular weight is 194 g/mol. The summed E-state index contributed by atoms with van der Waals surface area (Å²) in [5.41, 5.74) is 6.03. The SMILES string of the molecule is NCC(=O)N[C@@H](CO)c1ccccc1. The zero-order valence-electron chi connectivity index (χ0n) is 7.81. The van der Waals surface area contributed by atoms with Crippen LogP contribution in [-0.2, 0) is 4.79 Å². The van der Waals surface area contributed by atoms with Gasteiger partial charge in [0.15, 0.2) is 0 Å². The number of rotatable bonds is 4. The Bertz CT molecular complexity index is 287. The number of hydrogen-bond acceptors (Lipinski definition) is 3. The third-order valence-electron chi connectivity index (χ3n) is 1.91. The van der Waals surface area contributed by atoms with E-state index in [1.54, 1.807) is 0 Å². The van der Waals surface area contributed by atoms with Gasteiger partial charge in [-0.3, -0.25) is 4.79 Å². The smallest absolute Gasteiger partial charge is 0.234 e. The highest BCUT2D eigenvalue weighted by Crippen LogP contribution is 2.10. The van der Waals surface area contributed by atoms with Crippen LogP contribution in [0.25, 0.3) is 0 Å². The van der Waals surface area contributed by atoms with Crippen molar-refractivity contribution >= 4 is 5.91 Å². The summed E-state index contributed by atoms with van der Waals surface area (Å²) in [6, 6.07) is 8.91. The van der Waals surface area contributed by atoms with Gasteiger partial charge in [-0.2, -0.15) is 0 Å². The number of aliphatic hydroxyl groups is 1. The molecule has 0 radical (unpaired) electrons. The Balaban J connectivity index is 2.68. The number of benzene rings is 1. The maximum absolute atomic E-state index is 11.0. The third kappa shape index (κ3) is 2.83. The van der Waals surface area contributed by atoms with Crippen LogP contribution in [0.1, 0.15) is 11.6 Å². The molecule has 1 aromatic carbocycles. The largest absolute Gasteiger partial charge is 0.394 e. The Morgan fingerprint density at radius 3 is 2.57 bits per heavy atom. The van der Waals surface area contributed by atoms with E-state index in [2.05, 4.69) is 5.32 Å². The number of nitrogens with one attached hydrogen (secondary N) is 1. The van der Waals surface area contributed by atoms with Gasteiger partial charge in [0.25, 0.3) is 0 Å². The van der Waals surface area contributed by atoms with Crippen LogP contribution < -0.4 is 11.1 Å². The number of amides is 1. The monoisotopic (exact) mass is 194 g/mol. The highest BCUT2D eigenvalue weighted by Gasteiger charge is 2.11. The first-order valence-corrected chi connectivity index (χ1v) is 4.43. The zero-order chi connectivity index (χ0) is 10.4. The van der Waals surface area contributed by atoms with E-state index in [0.717, 1.165) is 5.56 Å². The molecule has 0 fully saturated rings. The molecule has 0 aliphatic rings. The summed E-state index contributed by atoms with van der Waals surface area (Å²) >= 11 is 0. The minimum Gasteiger partial charge on any atom is -0.394 e. The number of carbonyl (C=O) groups is 1. The van der Waals surface area contributed by atoms with Crippen LogP contribution in [0, 0.1) is 0 Å². The van der Waals surface area contributed by atoms with E-state index < -0.39 is 0 Å². The van der Waals surface area contributed by atoms with Gasteiger partial charge in [0.1, 0.15) is 0 Å².